The van der Waals surface area contributed by atoms with Gasteiger partial charge in [-0.15, -0.1) is 0 Å². The second-order valence-corrected chi connectivity index (χ2v) is 4.22. The van der Waals surface area contributed by atoms with Crippen LogP contribution in [0.2, 0.25) is 0 Å². The fourth-order valence-electron chi connectivity index (χ4n) is 1.55. The number of ketones is 1. The van der Waals surface area contributed by atoms with Gasteiger partial charge < -0.3 is 10.5 Å². The Hall–Kier alpha value is -1.68. The van der Waals surface area contributed by atoms with Crippen molar-refractivity contribution in [3.63, 3.8) is 0 Å². The van der Waals surface area contributed by atoms with Crippen molar-refractivity contribution in [1.29, 1.82) is 0 Å². The summed E-state index contributed by atoms with van der Waals surface area (Å²) < 4.78 is 4.67. The van der Waals surface area contributed by atoms with Crippen LogP contribution < -0.4 is 5.73 Å². The lowest BCUT2D eigenvalue weighted by atomic mass is 9.83. The van der Waals surface area contributed by atoms with Crippen molar-refractivity contribution in [3.8, 4) is 0 Å². The molecule has 1 aromatic carbocycles. The first-order valence-corrected chi connectivity index (χ1v) is 5.40. The van der Waals surface area contributed by atoms with E-state index in [1.165, 1.54) is 7.11 Å². The predicted molar refractivity (Wildman–Crippen MR) is 64.6 cm³/mol. The molecule has 0 heterocycles. The van der Waals surface area contributed by atoms with Gasteiger partial charge in [-0.2, -0.15) is 0 Å². The van der Waals surface area contributed by atoms with Crippen LogP contribution in [-0.4, -0.2) is 25.4 Å². The molecule has 0 fully saturated rings. The van der Waals surface area contributed by atoms with Crippen molar-refractivity contribution in [2.75, 3.05) is 13.7 Å². The van der Waals surface area contributed by atoms with Crippen LogP contribution in [0, 0.1) is 5.41 Å². The molecule has 0 spiro atoms. The van der Waals surface area contributed by atoms with Crippen LogP contribution >= 0.6 is 0 Å². The van der Waals surface area contributed by atoms with E-state index in [9.17, 15) is 9.59 Å². The molecular weight excluding hydrogens is 218 g/mol. The SMILES string of the molecule is COC(=O)C(C)(CN)CC(=O)c1ccccc1. The first-order chi connectivity index (χ1) is 8.03. The lowest BCUT2D eigenvalue weighted by Gasteiger charge is -2.23. The number of Topliss-reactive ketones (excluding diaryl/α,β-unsaturated/α-hetero) is 1. The van der Waals surface area contributed by atoms with Gasteiger partial charge in [-0.25, -0.2) is 0 Å². The van der Waals surface area contributed by atoms with Gasteiger partial charge in [0, 0.05) is 18.5 Å². The zero-order chi connectivity index (χ0) is 12.9. The number of esters is 1. The number of carbonyl (C=O) groups excluding carboxylic acids is 2. The number of hydrogen-bond donors (Lipinski definition) is 1. The molecule has 1 aromatic rings. The fourth-order valence-corrected chi connectivity index (χ4v) is 1.55. The summed E-state index contributed by atoms with van der Waals surface area (Å²) in [6, 6.07) is 8.84. The fraction of sp³-hybridized carbons (Fsp3) is 0.385. The molecular formula is C13H17NO3. The predicted octanol–water partition coefficient (Wildman–Crippen LogP) is 1.40. The number of methoxy groups -OCH3 is 1. The third kappa shape index (κ3) is 3.14. The van der Waals surface area contributed by atoms with E-state index >= 15 is 0 Å². The Labute approximate surface area is 101 Å². The van der Waals surface area contributed by atoms with E-state index in [2.05, 4.69) is 4.74 Å². The van der Waals surface area contributed by atoms with E-state index in [0.29, 0.717) is 5.56 Å². The summed E-state index contributed by atoms with van der Waals surface area (Å²) >= 11 is 0. The highest BCUT2D eigenvalue weighted by molar-refractivity contribution is 5.99. The van der Waals surface area contributed by atoms with Gasteiger partial charge in [0.2, 0.25) is 0 Å². The molecule has 0 bridgehead atoms. The van der Waals surface area contributed by atoms with Crippen LogP contribution in [0.4, 0.5) is 0 Å². The quantitative estimate of drug-likeness (QED) is 0.618. The highest BCUT2D eigenvalue weighted by Crippen LogP contribution is 2.24. The Morgan fingerprint density at radius 2 is 1.88 bits per heavy atom. The molecule has 2 N–H and O–H groups in total. The van der Waals surface area contributed by atoms with E-state index in [0.717, 1.165) is 0 Å². The zero-order valence-electron chi connectivity index (χ0n) is 10.1. The molecule has 92 valence electrons. The number of ether oxygens (including phenoxy) is 1. The molecule has 0 aliphatic rings. The van der Waals surface area contributed by atoms with Gasteiger partial charge in [-0.3, -0.25) is 9.59 Å². The molecule has 17 heavy (non-hydrogen) atoms. The maximum atomic E-state index is 12.0. The van der Waals surface area contributed by atoms with Crippen molar-refractivity contribution in [1.82, 2.24) is 0 Å². The minimum Gasteiger partial charge on any atom is -0.469 e. The first kappa shape index (κ1) is 13.4. The average molecular weight is 235 g/mol. The third-order valence-electron chi connectivity index (χ3n) is 2.78. The van der Waals surface area contributed by atoms with Gasteiger partial charge in [0.25, 0.3) is 0 Å². The molecule has 4 nitrogen and oxygen atoms in total. The number of nitrogens with two attached hydrogens (primary N) is 1. The van der Waals surface area contributed by atoms with Crippen LogP contribution in [0.15, 0.2) is 30.3 Å². The van der Waals surface area contributed by atoms with Gasteiger partial charge >= 0.3 is 5.97 Å². The van der Waals surface area contributed by atoms with Gasteiger partial charge in [0.05, 0.1) is 12.5 Å². The molecule has 1 unspecified atom stereocenters. The van der Waals surface area contributed by atoms with Gasteiger partial charge in [-0.05, 0) is 6.92 Å². The highest BCUT2D eigenvalue weighted by atomic mass is 16.5. The van der Waals surface area contributed by atoms with Crippen molar-refractivity contribution in [2.24, 2.45) is 11.1 Å². The summed E-state index contributed by atoms with van der Waals surface area (Å²) in [5, 5.41) is 0. The number of benzene rings is 1. The molecule has 0 saturated carbocycles. The van der Waals surface area contributed by atoms with E-state index in [1.807, 2.05) is 6.07 Å². The summed E-state index contributed by atoms with van der Waals surface area (Å²) in [7, 11) is 1.29. The monoisotopic (exact) mass is 235 g/mol. The summed E-state index contributed by atoms with van der Waals surface area (Å²) in [4.78, 5) is 23.6. The van der Waals surface area contributed by atoms with Gasteiger partial charge in [0.1, 0.15) is 0 Å². The Morgan fingerprint density at radius 1 is 1.29 bits per heavy atom. The molecule has 0 aliphatic carbocycles. The van der Waals surface area contributed by atoms with Crippen LogP contribution in [0.1, 0.15) is 23.7 Å². The Morgan fingerprint density at radius 3 is 2.35 bits per heavy atom. The molecule has 0 aromatic heterocycles. The number of hydrogen-bond acceptors (Lipinski definition) is 4. The third-order valence-corrected chi connectivity index (χ3v) is 2.78. The maximum Gasteiger partial charge on any atom is 0.313 e. The Balaban J connectivity index is 2.83. The summed E-state index contributed by atoms with van der Waals surface area (Å²) in [6.07, 6.45) is 0.0557. The van der Waals surface area contributed by atoms with Crippen molar-refractivity contribution < 1.29 is 14.3 Å². The molecule has 0 aliphatic heterocycles. The molecule has 1 rings (SSSR count). The highest BCUT2D eigenvalue weighted by Gasteiger charge is 2.35. The van der Waals surface area contributed by atoms with E-state index in [4.69, 9.17) is 5.73 Å². The molecule has 0 saturated heterocycles. The average Bonchev–Trinajstić information content (AvgIpc) is 2.38. The Kier molecular flexibility index (Phi) is 4.40. The van der Waals surface area contributed by atoms with Crippen molar-refractivity contribution >= 4 is 11.8 Å². The normalized spacial score (nSPS) is 13.8. The van der Waals surface area contributed by atoms with Gasteiger partial charge in [-0.1, -0.05) is 30.3 Å². The second kappa shape index (κ2) is 5.59. The largest absolute Gasteiger partial charge is 0.469 e. The zero-order valence-corrected chi connectivity index (χ0v) is 10.1. The number of carbonyl (C=O) groups is 2. The lowest BCUT2D eigenvalue weighted by molar-refractivity contribution is -0.151. The van der Waals surface area contributed by atoms with Crippen LogP contribution in [0.5, 0.6) is 0 Å². The van der Waals surface area contributed by atoms with E-state index in [1.54, 1.807) is 31.2 Å². The van der Waals surface area contributed by atoms with Crippen LogP contribution in [-0.2, 0) is 9.53 Å². The Bertz CT molecular complexity index is 402. The van der Waals surface area contributed by atoms with Crippen molar-refractivity contribution in [3.05, 3.63) is 35.9 Å². The molecule has 0 radical (unpaired) electrons. The number of rotatable bonds is 5. The topological polar surface area (TPSA) is 69.4 Å². The first-order valence-electron chi connectivity index (χ1n) is 5.40. The van der Waals surface area contributed by atoms with E-state index in [-0.39, 0.29) is 18.7 Å². The molecule has 0 amide bonds. The molecule has 4 heteroatoms. The summed E-state index contributed by atoms with van der Waals surface area (Å²) in [5.74, 6) is -0.562. The van der Waals surface area contributed by atoms with Gasteiger partial charge in [0.15, 0.2) is 5.78 Å². The molecule has 1 atom stereocenters. The van der Waals surface area contributed by atoms with E-state index < -0.39 is 11.4 Å². The summed E-state index contributed by atoms with van der Waals surface area (Å²) in [6.45, 7) is 1.72. The lowest BCUT2D eigenvalue weighted by Crippen LogP contribution is -2.38. The van der Waals surface area contributed by atoms with Crippen LogP contribution in [0.25, 0.3) is 0 Å². The van der Waals surface area contributed by atoms with Crippen molar-refractivity contribution in [2.45, 2.75) is 13.3 Å². The maximum absolute atomic E-state index is 12.0. The smallest absolute Gasteiger partial charge is 0.313 e. The minimum atomic E-state index is -0.957. The minimum absolute atomic E-state index is 0.0557. The second-order valence-electron chi connectivity index (χ2n) is 4.22. The standard InChI is InChI=1S/C13H17NO3/c1-13(9-14,12(16)17-2)8-11(15)10-6-4-3-5-7-10/h3-7H,8-9,14H2,1-2H3. The summed E-state index contributed by atoms with van der Waals surface area (Å²) in [5.41, 5.74) is 5.18. The van der Waals surface area contributed by atoms with Crippen LogP contribution in [0.3, 0.4) is 0 Å².